The second-order valence-corrected chi connectivity index (χ2v) is 3.78. The molecule has 0 N–H and O–H groups in total. The standard InChI is InChI=1S/C10H11BrO2/c1-8(11)6-4-5-7-9(2)13-10(3)12/h8-9H,1-3H3. The lowest BCUT2D eigenvalue weighted by molar-refractivity contribution is -0.143. The Morgan fingerprint density at radius 1 is 1.31 bits per heavy atom. The Kier molecular flexibility index (Phi) is 6.10. The van der Waals surface area contributed by atoms with Crippen LogP contribution in [0.4, 0.5) is 0 Å². The molecular formula is C10H11BrO2. The number of hydrogen-bond acceptors (Lipinski definition) is 2. The van der Waals surface area contributed by atoms with E-state index < -0.39 is 6.10 Å². The van der Waals surface area contributed by atoms with Crippen LogP contribution in [0.1, 0.15) is 20.8 Å². The molecule has 0 aliphatic heterocycles. The van der Waals surface area contributed by atoms with Gasteiger partial charge in [-0.05, 0) is 31.6 Å². The van der Waals surface area contributed by atoms with Gasteiger partial charge in [-0.2, -0.15) is 0 Å². The maximum absolute atomic E-state index is 10.5. The zero-order valence-electron chi connectivity index (χ0n) is 7.85. The normalized spacial score (nSPS) is 12.6. The van der Waals surface area contributed by atoms with E-state index in [2.05, 4.69) is 39.6 Å². The Morgan fingerprint density at radius 2 is 1.85 bits per heavy atom. The Morgan fingerprint density at radius 3 is 2.31 bits per heavy atom. The smallest absolute Gasteiger partial charge is 0.303 e. The van der Waals surface area contributed by atoms with E-state index in [1.54, 1.807) is 6.92 Å². The van der Waals surface area contributed by atoms with E-state index in [-0.39, 0.29) is 10.8 Å². The molecule has 0 saturated heterocycles. The minimum absolute atomic E-state index is 0.130. The van der Waals surface area contributed by atoms with Gasteiger partial charge in [0.05, 0.1) is 4.83 Å². The van der Waals surface area contributed by atoms with Gasteiger partial charge < -0.3 is 4.74 Å². The van der Waals surface area contributed by atoms with E-state index in [9.17, 15) is 4.79 Å². The van der Waals surface area contributed by atoms with Gasteiger partial charge in [-0.25, -0.2) is 0 Å². The van der Waals surface area contributed by atoms with E-state index in [0.29, 0.717) is 0 Å². The highest BCUT2D eigenvalue weighted by Gasteiger charge is 1.98. The van der Waals surface area contributed by atoms with Gasteiger partial charge in [0.25, 0.3) is 0 Å². The van der Waals surface area contributed by atoms with E-state index >= 15 is 0 Å². The highest BCUT2D eigenvalue weighted by Crippen LogP contribution is 1.92. The molecule has 0 amide bonds. The van der Waals surface area contributed by atoms with Crippen LogP contribution in [0.25, 0.3) is 0 Å². The third-order valence-electron chi connectivity index (χ3n) is 0.952. The Labute approximate surface area is 87.2 Å². The molecule has 0 aromatic carbocycles. The summed E-state index contributed by atoms with van der Waals surface area (Å²) in [4.78, 5) is 10.6. The topological polar surface area (TPSA) is 26.3 Å². The fraction of sp³-hybridized carbons (Fsp3) is 0.500. The SMILES string of the molecule is CC(=O)OC(C)C#CC#CC(C)Br. The summed E-state index contributed by atoms with van der Waals surface area (Å²) in [6, 6.07) is 0. The summed E-state index contributed by atoms with van der Waals surface area (Å²) in [5, 5.41) is 0. The van der Waals surface area contributed by atoms with Crippen LogP contribution in [0.3, 0.4) is 0 Å². The molecule has 0 heterocycles. The van der Waals surface area contributed by atoms with Gasteiger partial charge in [0, 0.05) is 6.92 Å². The van der Waals surface area contributed by atoms with Gasteiger partial charge in [-0.1, -0.05) is 21.9 Å². The first-order valence-electron chi connectivity index (χ1n) is 3.84. The van der Waals surface area contributed by atoms with Crippen molar-refractivity contribution < 1.29 is 9.53 Å². The molecule has 0 aliphatic rings. The van der Waals surface area contributed by atoms with Crippen molar-refractivity contribution in [2.45, 2.75) is 31.7 Å². The Bertz CT molecular complexity index is 286. The molecule has 0 aliphatic carbocycles. The number of rotatable bonds is 1. The average molecular weight is 243 g/mol. The maximum atomic E-state index is 10.5. The van der Waals surface area contributed by atoms with Crippen molar-refractivity contribution in [3.63, 3.8) is 0 Å². The molecule has 0 aromatic heterocycles. The molecule has 0 aromatic rings. The highest BCUT2D eigenvalue weighted by molar-refractivity contribution is 9.09. The summed E-state index contributed by atoms with van der Waals surface area (Å²) >= 11 is 3.26. The van der Waals surface area contributed by atoms with Crippen LogP contribution in [0.5, 0.6) is 0 Å². The summed E-state index contributed by atoms with van der Waals surface area (Å²) in [6.07, 6.45) is -0.391. The molecule has 2 unspecified atom stereocenters. The third-order valence-corrected chi connectivity index (χ3v) is 1.18. The van der Waals surface area contributed by atoms with E-state index in [1.807, 2.05) is 6.92 Å². The quantitative estimate of drug-likeness (QED) is 0.398. The van der Waals surface area contributed by atoms with Crippen LogP contribution in [0.2, 0.25) is 0 Å². The molecule has 3 heteroatoms. The Hall–Kier alpha value is -0.930. The lowest BCUT2D eigenvalue weighted by Crippen LogP contribution is -2.09. The summed E-state index contributed by atoms with van der Waals surface area (Å²) in [6.45, 7) is 4.96. The van der Waals surface area contributed by atoms with E-state index in [0.717, 1.165) is 0 Å². The predicted molar refractivity (Wildman–Crippen MR) is 55.2 cm³/mol. The summed E-state index contributed by atoms with van der Waals surface area (Å²) in [5.74, 6) is 10.4. The average Bonchev–Trinajstić information content (AvgIpc) is 1.96. The molecule has 0 saturated carbocycles. The van der Waals surface area contributed by atoms with E-state index in [1.165, 1.54) is 6.92 Å². The van der Waals surface area contributed by atoms with Crippen LogP contribution >= 0.6 is 15.9 Å². The van der Waals surface area contributed by atoms with Crippen LogP contribution in [-0.4, -0.2) is 16.9 Å². The summed E-state index contributed by atoms with van der Waals surface area (Å²) in [5.41, 5.74) is 0. The molecule has 70 valence electrons. The monoisotopic (exact) mass is 242 g/mol. The second kappa shape index (κ2) is 6.57. The molecule has 0 fully saturated rings. The van der Waals surface area contributed by atoms with Crippen LogP contribution < -0.4 is 0 Å². The van der Waals surface area contributed by atoms with Gasteiger partial charge in [-0.3, -0.25) is 4.79 Å². The molecule has 0 spiro atoms. The van der Waals surface area contributed by atoms with Crippen molar-refractivity contribution in [1.82, 2.24) is 0 Å². The summed E-state index contributed by atoms with van der Waals surface area (Å²) in [7, 11) is 0. The van der Waals surface area contributed by atoms with Crippen molar-refractivity contribution in [3.8, 4) is 23.7 Å². The van der Waals surface area contributed by atoms with Gasteiger partial charge in [-0.15, -0.1) is 0 Å². The third kappa shape index (κ3) is 8.98. The molecule has 0 radical (unpaired) electrons. The number of halogens is 1. The zero-order chi connectivity index (χ0) is 10.3. The lowest BCUT2D eigenvalue weighted by atomic mass is 10.4. The number of hydrogen-bond donors (Lipinski definition) is 0. The summed E-state index contributed by atoms with van der Waals surface area (Å²) < 4.78 is 4.77. The largest absolute Gasteiger partial charge is 0.450 e. The minimum atomic E-state index is -0.391. The molecule has 2 nitrogen and oxygen atoms in total. The molecule has 2 atom stereocenters. The van der Waals surface area contributed by atoms with Crippen molar-refractivity contribution in [3.05, 3.63) is 0 Å². The molecular weight excluding hydrogens is 232 g/mol. The first-order valence-corrected chi connectivity index (χ1v) is 4.76. The first kappa shape index (κ1) is 12.1. The number of carbonyl (C=O) groups excluding carboxylic acids is 1. The second-order valence-electron chi connectivity index (χ2n) is 2.41. The number of carbonyl (C=O) groups is 1. The maximum Gasteiger partial charge on any atom is 0.303 e. The van der Waals surface area contributed by atoms with Crippen LogP contribution in [-0.2, 0) is 9.53 Å². The molecule has 0 bridgehead atoms. The lowest BCUT2D eigenvalue weighted by Gasteiger charge is -2.01. The highest BCUT2D eigenvalue weighted by atomic mass is 79.9. The predicted octanol–water partition coefficient (Wildman–Crippen LogP) is 1.73. The Balaban J connectivity index is 3.98. The number of ether oxygens (including phenoxy) is 1. The van der Waals surface area contributed by atoms with Crippen LogP contribution in [0, 0.1) is 23.7 Å². The van der Waals surface area contributed by atoms with Gasteiger partial charge in [0.15, 0.2) is 6.10 Å². The van der Waals surface area contributed by atoms with Crippen molar-refractivity contribution in [1.29, 1.82) is 0 Å². The number of esters is 1. The van der Waals surface area contributed by atoms with Crippen LogP contribution in [0.15, 0.2) is 0 Å². The molecule has 0 rings (SSSR count). The van der Waals surface area contributed by atoms with Crippen molar-refractivity contribution >= 4 is 21.9 Å². The fourth-order valence-electron chi connectivity index (χ4n) is 0.552. The van der Waals surface area contributed by atoms with Crippen molar-refractivity contribution in [2.75, 3.05) is 0 Å². The molecule has 13 heavy (non-hydrogen) atoms. The van der Waals surface area contributed by atoms with Gasteiger partial charge >= 0.3 is 5.97 Å². The van der Waals surface area contributed by atoms with Crippen molar-refractivity contribution in [2.24, 2.45) is 0 Å². The van der Waals surface area contributed by atoms with Gasteiger partial charge in [0.1, 0.15) is 0 Å². The van der Waals surface area contributed by atoms with E-state index in [4.69, 9.17) is 4.74 Å². The van der Waals surface area contributed by atoms with Gasteiger partial charge in [0.2, 0.25) is 0 Å². The number of alkyl halides is 1. The first-order chi connectivity index (χ1) is 6.02. The zero-order valence-corrected chi connectivity index (χ0v) is 9.44. The fourth-order valence-corrected chi connectivity index (χ4v) is 0.666. The minimum Gasteiger partial charge on any atom is -0.450 e.